The van der Waals surface area contributed by atoms with E-state index in [1.54, 1.807) is 13.3 Å². The SMILES string of the molecule is COCC1(c2cccnc2)CCCN1. The summed E-state index contributed by atoms with van der Waals surface area (Å²) >= 11 is 0. The number of ether oxygens (including phenoxy) is 1. The number of nitrogens with zero attached hydrogens (tertiary/aromatic N) is 1. The van der Waals surface area contributed by atoms with Crippen molar-refractivity contribution in [3.63, 3.8) is 0 Å². The van der Waals surface area contributed by atoms with Gasteiger partial charge in [-0.2, -0.15) is 0 Å². The molecule has 1 N–H and O–H groups in total. The summed E-state index contributed by atoms with van der Waals surface area (Å²) in [6.07, 6.45) is 6.07. The molecule has 1 fully saturated rings. The summed E-state index contributed by atoms with van der Waals surface area (Å²) in [6.45, 7) is 1.79. The van der Waals surface area contributed by atoms with Gasteiger partial charge in [-0.25, -0.2) is 0 Å². The lowest BCUT2D eigenvalue weighted by Crippen LogP contribution is -2.41. The van der Waals surface area contributed by atoms with Gasteiger partial charge in [0.15, 0.2) is 0 Å². The van der Waals surface area contributed by atoms with E-state index in [9.17, 15) is 0 Å². The van der Waals surface area contributed by atoms with Crippen molar-refractivity contribution in [3.8, 4) is 0 Å². The van der Waals surface area contributed by atoms with Gasteiger partial charge < -0.3 is 10.1 Å². The van der Waals surface area contributed by atoms with Crippen LogP contribution in [0, 0.1) is 0 Å². The molecule has 76 valence electrons. The smallest absolute Gasteiger partial charge is 0.0687 e. The molecular weight excluding hydrogens is 176 g/mol. The highest BCUT2D eigenvalue weighted by Gasteiger charge is 2.35. The van der Waals surface area contributed by atoms with Crippen molar-refractivity contribution in [3.05, 3.63) is 30.1 Å². The molecule has 3 nitrogen and oxygen atoms in total. The number of rotatable bonds is 3. The molecule has 1 aromatic rings. The maximum absolute atomic E-state index is 5.29. The Hall–Kier alpha value is -0.930. The molecule has 1 aromatic heterocycles. The van der Waals surface area contributed by atoms with Crippen molar-refractivity contribution < 1.29 is 4.74 Å². The molecule has 0 bridgehead atoms. The van der Waals surface area contributed by atoms with Crippen LogP contribution in [0.2, 0.25) is 0 Å². The molecule has 1 aliphatic rings. The molecule has 1 atom stereocenters. The van der Waals surface area contributed by atoms with Gasteiger partial charge in [0.25, 0.3) is 0 Å². The molecular formula is C11H16N2O. The van der Waals surface area contributed by atoms with Crippen LogP contribution in [0.1, 0.15) is 18.4 Å². The minimum atomic E-state index is 0.00299. The topological polar surface area (TPSA) is 34.1 Å². The van der Waals surface area contributed by atoms with E-state index >= 15 is 0 Å². The Bertz CT molecular complexity index is 281. The normalized spacial score (nSPS) is 26.6. The Labute approximate surface area is 84.5 Å². The average Bonchev–Trinajstić information content (AvgIpc) is 2.70. The van der Waals surface area contributed by atoms with Gasteiger partial charge in [-0.15, -0.1) is 0 Å². The van der Waals surface area contributed by atoms with E-state index in [-0.39, 0.29) is 5.54 Å². The summed E-state index contributed by atoms with van der Waals surface area (Å²) in [5.41, 5.74) is 1.24. The average molecular weight is 192 g/mol. The molecule has 1 saturated heterocycles. The van der Waals surface area contributed by atoms with Crippen LogP contribution in [0.4, 0.5) is 0 Å². The molecule has 2 heterocycles. The van der Waals surface area contributed by atoms with Crippen molar-refractivity contribution in [1.29, 1.82) is 0 Å². The van der Waals surface area contributed by atoms with E-state index < -0.39 is 0 Å². The van der Waals surface area contributed by atoms with E-state index in [0.717, 1.165) is 19.6 Å². The van der Waals surface area contributed by atoms with Crippen LogP contribution in [0.5, 0.6) is 0 Å². The zero-order chi connectivity index (χ0) is 9.86. The van der Waals surface area contributed by atoms with Crippen molar-refractivity contribution in [2.24, 2.45) is 0 Å². The molecule has 1 unspecified atom stereocenters. The lowest BCUT2D eigenvalue weighted by atomic mass is 9.90. The monoisotopic (exact) mass is 192 g/mol. The molecule has 14 heavy (non-hydrogen) atoms. The standard InChI is InChI=1S/C11H16N2O/c1-14-9-11(5-3-7-13-11)10-4-2-6-12-8-10/h2,4,6,8,13H,3,5,7,9H2,1H3. The first kappa shape index (κ1) is 9.62. The second kappa shape index (κ2) is 4.07. The van der Waals surface area contributed by atoms with E-state index in [1.807, 2.05) is 12.3 Å². The van der Waals surface area contributed by atoms with E-state index in [2.05, 4.69) is 16.4 Å². The van der Waals surface area contributed by atoms with Gasteiger partial charge in [-0.3, -0.25) is 4.98 Å². The van der Waals surface area contributed by atoms with Crippen LogP contribution in [0.25, 0.3) is 0 Å². The van der Waals surface area contributed by atoms with Crippen LogP contribution in [-0.4, -0.2) is 25.2 Å². The van der Waals surface area contributed by atoms with Crippen LogP contribution >= 0.6 is 0 Å². The largest absolute Gasteiger partial charge is 0.382 e. The Morgan fingerprint density at radius 2 is 2.57 bits per heavy atom. The summed E-state index contributed by atoms with van der Waals surface area (Å²) in [7, 11) is 1.75. The van der Waals surface area contributed by atoms with Crippen LogP contribution in [-0.2, 0) is 10.3 Å². The predicted octanol–water partition coefficient (Wildman–Crippen LogP) is 1.31. The van der Waals surface area contributed by atoms with E-state index in [0.29, 0.717) is 0 Å². The third-order valence-corrected chi connectivity index (χ3v) is 2.85. The van der Waals surface area contributed by atoms with E-state index in [4.69, 9.17) is 4.74 Å². The summed E-state index contributed by atoms with van der Waals surface area (Å²) < 4.78 is 5.29. The highest BCUT2D eigenvalue weighted by molar-refractivity contribution is 5.22. The Kier molecular flexibility index (Phi) is 2.79. The second-order valence-corrected chi connectivity index (χ2v) is 3.79. The lowest BCUT2D eigenvalue weighted by molar-refractivity contribution is 0.119. The fourth-order valence-electron chi connectivity index (χ4n) is 2.15. The van der Waals surface area contributed by atoms with Crippen LogP contribution < -0.4 is 5.32 Å². The van der Waals surface area contributed by atoms with Gasteiger partial charge in [-0.05, 0) is 31.0 Å². The Morgan fingerprint density at radius 3 is 3.14 bits per heavy atom. The van der Waals surface area contributed by atoms with Gasteiger partial charge in [0.2, 0.25) is 0 Å². The summed E-state index contributed by atoms with van der Waals surface area (Å²) in [4.78, 5) is 4.16. The molecule has 3 heteroatoms. The molecule has 0 radical (unpaired) electrons. The van der Waals surface area contributed by atoms with Crippen LogP contribution in [0.15, 0.2) is 24.5 Å². The van der Waals surface area contributed by atoms with Gasteiger partial charge in [0.05, 0.1) is 12.1 Å². The Balaban J connectivity index is 2.27. The number of hydrogen-bond acceptors (Lipinski definition) is 3. The quantitative estimate of drug-likeness (QED) is 0.784. The number of hydrogen-bond donors (Lipinski definition) is 1. The predicted molar refractivity (Wildman–Crippen MR) is 55.0 cm³/mol. The zero-order valence-corrected chi connectivity index (χ0v) is 8.49. The summed E-state index contributed by atoms with van der Waals surface area (Å²) in [6, 6.07) is 4.09. The zero-order valence-electron chi connectivity index (χ0n) is 8.49. The van der Waals surface area contributed by atoms with Crippen molar-refractivity contribution in [2.45, 2.75) is 18.4 Å². The molecule has 0 saturated carbocycles. The number of pyridine rings is 1. The maximum atomic E-state index is 5.29. The first-order chi connectivity index (χ1) is 6.87. The number of nitrogens with one attached hydrogen (secondary N) is 1. The fraction of sp³-hybridized carbons (Fsp3) is 0.545. The summed E-state index contributed by atoms with van der Waals surface area (Å²) in [5, 5.41) is 3.52. The third-order valence-electron chi connectivity index (χ3n) is 2.85. The van der Waals surface area contributed by atoms with Gasteiger partial charge in [0.1, 0.15) is 0 Å². The van der Waals surface area contributed by atoms with Crippen LogP contribution in [0.3, 0.4) is 0 Å². The van der Waals surface area contributed by atoms with Gasteiger partial charge >= 0.3 is 0 Å². The molecule has 0 aliphatic carbocycles. The molecule has 0 spiro atoms. The molecule has 2 rings (SSSR count). The van der Waals surface area contributed by atoms with E-state index in [1.165, 1.54) is 12.0 Å². The Morgan fingerprint density at radius 1 is 1.64 bits per heavy atom. The van der Waals surface area contributed by atoms with Crippen molar-refractivity contribution >= 4 is 0 Å². The van der Waals surface area contributed by atoms with Gasteiger partial charge in [0, 0.05) is 19.5 Å². The first-order valence-electron chi connectivity index (χ1n) is 5.02. The molecule has 0 amide bonds. The van der Waals surface area contributed by atoms with Crippen molar-refractivity contribution in [1.82, 2.24) is 10.3 Å². The molecule has 1 aliphatic heterocycles. The minimum Gasteiger partial charge on any atom is -0.382 e. The fourth-order valence-corrected chi connectivity index (χ4v) is 2.15. The highest BCUT2D eigenvalue weighted by atomic mass is 16.5. The first-order valence-corrected chi connectivity index (χ1v) is 5.02. The highest BCUT2D eigenvalue weighted by Crippen LogP contribution is 2.30. The maximum Gasteiger partial charge on any atom is 0.0687 e. The van der Waals surface area contributed by atoms with Crippen molar-refractivity contribution in [2.75, 3.05) is 20.3 Å². The third kappa shape index (κ3) is 1.65. The number of aromatic nitrogens is 1. The number of methoxy groups -OCH3 is 1. The molecule has 0 aromatic carbocycles. The lowest BCUT2D eigenvalue weighted by Gasteiger charge is -2.28. The van der Waals surface area contributed by atoms with Gasteiger partial charge in [-0.1, -0.05) is 6.07 Å². The second-order valence-electron chi connectivity index (χ2n) is 3.79. The summed E-state index contributed by atoms with van der Waals surface area (Å²) in [5.74, 6) is 0. The minimum absolute atomic E-state index is 0.00299.